The monoisotopic (exact) mass is 230 g/mol. The Labute approximate surface area is 99.2 Å². The molecule has 0 spiro atoms. The van der Waals surface area contributed by atoms with E-state index in [0.29, 0.717) is 0 Å². The van der Waals surface area contributed by atoms with Crippen molar-refractivity contribution in [2.24, 2.45) is 0 Å². The largest absolute Gasteiger partial charge is 0.311 e. The van der Waals surface area contributed by atoms with Crippen molar-refractivity contribution in [3.63, 3.8) is 0 Å². The zero-order valence-corrected chi connectivity index (χ0v) is 10.3. The van der Waals surface area contributed by atoms with Gasteiger partial charge in [0.2, 0.25) is 0 Å². The van der Waals surface area contributed by atoms with Gasteiger partial charge in [-0.25, -0.2) is 0 Å². The average Bonchev–Trinajstić information content (AvgIpc) is 2.59. The maximum absolute atomic E-state index is 3.73. The molecule has 0 radical (unpaired) electrons. The summed E-state index contributed by atoms with van der Waals surface area (Å²) >= 11 is 0. The molecule has 0 saturated carbocycles. The second-order valence-electron chi connectivity index (χ2n) is 5.36. The van der Waals surface area contributed by atoms with Crippen molar-refractivity contribution >= 4 is 12.4 Å². The van der Waals surface area contributed by atoms with Crippen LogP contribution in [0.25, 0.3) is 0 Å². The third-order valence-electron chi connectivity index (χ3n) is 4.36. The smallest absolute Gasteiger partial charge is 0.0125 e. The molecule has 15 heavy (non-hydrogen) atoms. The molecule has 3 aliphatic heterocycles. The van der Waals surface area contributed by atoms with Crippen molar-refractivity contribution in [3.05, 3.63) is 0 Å². The van der Waals surface area contributed by atoms with Crippen molar-refractivity contribution in [3.8, 4) is 0 Å². The first-order valence-electron chi connectivity index (χ1n) is 6.42. The van der Waals surface area contributed by atoms with E-state index in [1.54, 1.807) is 0 Å². The zero-order chi connectivity index (χ0) is 9.38. The van der Waals surface area contributed by atoms with Gasteiger partial charge in [0, 0.05) is 18.1 Å². The van der Waals surface area contributed by atoms with Crippen LogP contribution in [0.3, 0.4) is 0 Å². The summed E-state index contributed by atoms with van der Waals surface area (Å²) in [7, 11) is 0. The lowest BCUT2D eigenvalue weighted by Crippen LogP contribution is -2.49. The van der Waals surface area contributed by atoms with Crippen molar-refractivity contribution in [2.75, 3.05) is 13.1 Å². The van der Waals surface area contributed by atoms with Gasteiger partial charge in [-0.05, 0) is 51.6 Å². The van der Waals surface area contributed by atoms with Gasteiger partial charge in [-0.1, -0.05) is 6.42 Å². The summed E-state index contributed by atoms with van der Waals surface area (Å²) in [6.45, 7) is 2.76. The highest BCUT2D eigenvalue weighted by Gasteiger charge is 2.35. The fraction of sp³-hybridized carbons (Fsp3) is 1.00. The van der Waals surface area contributed by atoms with E-state index in [9.17, 15) is 0 Å². The normalized spacial score (nSPS) is 41.2. The van der Waals surface area contributed by atoms with E-state index in [0.717, 1.165) is 18.1 Å². The number of rotatable bonds is 1. The van der Waals surface area contributed by atoms with Crippen LogP contribution in [0.5, 0.6) is 0 Å². The van der Waals surface area contributed by atoms with Gasteiger partial charge in [0.15, 0.2) is 0 Å². The van der Waals surface area contributed by atoms with Gasteiger partial charge >= 0.3 is 0 Å². The maximum atomic E-state index is 3.73. The first-order chi connectivity index (χ1) is 6.92. The molecule has 2 atom stereocenters. The molecule has 3 heteroatoms. The Hall–Kier alpha value is 0.210. The van der Waals surface area contributed by atoms with E-state index in [4.69, 9.17) is 0 Å². The van der Waals surface area contributed by atoms with Gasteiger partial charge in [-0.2, -0.15) is 0 Å². The molecule has 3 heterocycles. The molecule has 0 aliphatic carbocycles. The number of nitrogens with one attached hydrogen (secondary N) is 1. The highest BCUT2D eigenvalue weighted by atomic mass is 35.5. The molecular formula is C12H23ClN2. The van der Waals surface area contributed by atoms with Crippen LogP contribution in [0, 0.1) is 0 Å². The van der Waals surface area contributed by atoms with E-state index < -0.39 is 0 Å². The second-order valence-corrected chi connectivity index (χ2v) is 5.36. The topological polar surface area (TPSA) is 15.3 Å². The molecule has 3 saturated heterocycles. The Morgan fingerprint density at radius 2 is 1.47 bits per heavy atom. The maximum Gasteiger partial charge on any atom is 0.0125 e. The average molecular weight is 231 g/mol. The summed E-state index contributed by atoms with van der Waals surface area (Å²) in [6, 6.07) is 2.65. The van der Waals surface area contributed by atoms with Crippen LogP contribution in [-0.2, 0) is 0 Å². The van der Waals surface area contributed by atoms with E-state index in [1.807, 2.05) is 0 Å². The number of piperidine rings is 2. The first kappa shape index (κ1) is 11.7. The fourth-order valence-electron chi connectivity index (χ4n) is 3.61. The molecule has 0 aromatic carbocycles. The number of hydrogen-bond donors (Lipinski definition) is 1. The van der Waals surface area contributed by atoms with Crippen LogP contribution < -0.4 is 5.32 Å². The minimum Gasteiger partial charge on any atom is -0.311 e. The van der Waals surface area contributed by atoms with Crippen LogP contribution in [-0.4, -0.2) is 36.1 Å². The molecule has 3 fully saturated rings. The first-order valence-corrected chi connectivity index (χ1v) is 6.42. The Bertz CT molecular complexity index is 192. The number of likely N-dealkylation sites (tertiary alicyclic amines) is 1. The van der Waals surface area contributed by atoms with E-state index >= 15 is 0 Å². The molecule has 2 bridgehead atoms. The predicted octanol–water partition coefficient (Wildman–Crippen LogP) is 2.18. The minimum absolute atomic E-state index is 0. The minimum atomic E-state index is 0. The molecule has 1 N–H and O–H groups in total. The Kier molecular flexibility index (Phi) is 3.92. The summed E-state index contributed by atoms with van der Waals surface area (Å²) in [5.74, 6) is 0. The van der Waals surface area contributed by atoms with E-state index in [2.05, 4.69) is 10.2 Å². The van der Waals surface area contributed by atoms with Crippen LogP contribution in [0.4, 0.5) is 0 Å². The van der Waals surface area contributed by atoms with Gasteiger partial charge in [0.05, 0.1) is 0 Å². The summed E-state index contributed by atoms with van der Waals surface area (Å²) in [5, 5.41) is 3.73. The summed E-state index contributed by atoms with van der Waals surface area (Å²) in [6.07, 6.45) is 10.1. The Morgan fingerprint density at radius 3 is 2.07 bits per heavy atom. The van der Waals surface area contributed by atoms with E-state index in [-0.39, 0.29) is 12.4 Å². The van der Waals surface area contributed by atoms with Crippen molar-refractivity contribution in [1.82, 2.24) is 10.2 Å². The van der Waals surface area contributed by atoms with Crippen molar-refractivity contribution in [2.45, 2.75) is 63.1 Å². The number of nitrogens with zero attached hydrogens (tertiary/aromatic N) is 1. The Balaban J connectivity index is 0.000000853. The lowest BCUT2D eigenvalue weighted by atomic mass is 9.96. The summed E-state index contributed by atoms with van der Waals surface area (Å²) in [5.41, 5.74) is 0. The van der Waals surface area contributed by atoms with Crippen molar-refractivity contribution in [1.29, 1.82) is 0 Å². The molecule has 0 aromatic heterocycles. The van der Waals surface area contributed by atoms with E-state index in [1.165, 1.54) is 58.0 Å². The Morgan fingerprint density at radius 1 is 0.867 bits per heavy atom. The SMILES string of the molecule is C1CCN(C2CC3CCC(C2)N3)CC1.Cl. The second kappa shape index (κ2) is 5.03. The van der Waals surface area contributed by atoms with Gasteiger partial charge in [0.1, 0.15) is 0 Å². The standard InChI is InChI=1S/C12H22N2.ClH/c1-2-6-14(7-3-1)12-8-10-4-5-11(9-12)13-10;/h10-13H,1-9H2;1H. The van der Waals surface area contributed by atoms with Crippen LogP contribution >= 0.6 is 12.4 Å². The molecule has 0 aromatic rings. The van der Waals surface area contributed by atoms with Crippen molar-refractivity contribution < 1.29 is 0 Å². The lowest BCUT2D eigenvalue weighted by molar-refractivity contribution is 0.119. The molecule has 0 amide bonds. The van der Waals surface area contributed by atoms with Gasteiger partial charge < -0.3 is 10.2 Å². The number of fused-ring (bicyclic) bond motifs is 2. The quantitative estimate of drug-likeness (QED) is 0.743. The highest BCUT2D eigenvalue weighted by molar-refractivity contribution is 5.85. The summed E-state index contributed by atoms with van der Waals surface area (Å²) in [4.78, 5) is 2.77. The third kappa shape index (κ3) is 2.48. The fourth-order valence-corrected chi connectivity index (χ4v) is 3.61. The van der Waals surface area contributed by atoms with Gasteiger partial charge in [0.25, 0.3) is 0 Å². The van der Waals surface area contributed by atoms with Crippen LogP contribution in [0.1, 0.15) is 44.9 Å². The number of halogens is 1. The van der Waals surface area contributed by atoms with Crippen LogP contribution in [0.15, 0.2) is 0 Å². The van der Waals surface area contributed by atoms with Crippen LogP contribution in [0.2, 0.25) is 0 Å². The predicted molar refractivity (Wildman–Crippen MR) is 65.6 cm³/mol. The molecule has 88 valence electrons. The molecule has 2 nitrogen and oxygen atoms in total. The number of hydrogen-bond acceptors (Lipinski definition) is 2. The zero-order valence-electron chi connectivity index (χ0n) is 9.45. The molecular weight excluding hydrogens is 208 g/mol. The van der Waals surface area contributed by atoms with Gasteiger partial charge in [-0.15, -0.1) is 12.4 Å². The third-order valence-corrected chi connectivity index (χ3v) is 4.36. The van der Waals surface area contributed by atoms with Gasteiger partial charge in [-0.3, -0.25) is 0 Å². The molecule has 3 rings (SSSR count). The highest BCUT2D eigenvalue weighted by Crippen LogP contribution is 2.30. The lowest BCUT2D eigenvalue weighted by Gasteiger charge is -2.39. The summed E-state index contributed by atoms with van der Waals surface area (Å²) < 4.78 is 0. The molecule has 3 aliphatic rings. The molecule has 2 unspecified atom stereocenters.